The van der Waals surface area contributed by atoms with Gasteiger partial charge in [0.1, 0.15) is 0 Å². The SMILES string of the molecule is CC[C@@H](C)NC(=O)c1ccc2c(c1)[C@@H]1[C@@H]3CC[C@@H](C3)[C@@H]1[C@H](c1ccccc1)N2. The number of carbonyl (C=O) groups excluding carboxylic acids is 1. The molecule has 6 atom stereocenters. The first kappa shape index (κ1) is 17.8. The second kappa shape index (κ2) is 6.95. The fraction of sp³-hybridized carbons (Fsp3) is 0.480. The van der Waals surface area contributed by atoms with E-state index in [0.717, 1.165) is 23.8 Å². The van der Waals surface area contributed by atoms with Crippen molar-refractivity contribution in [1.82, 2.24) is 5.32 Å². The number of hydrogen-bond donors (Lipinski definition) is 2. The van der Waals surface area contributed by atoms with Crippen LogP contribution in [0.4, 0.5) is 5.69 Å². The molecule has 3 aliphatic rings. The minimum Gasteiger partial charge on any atom is -0.378 e. The zero-order valence-corrected chi connectivity index (χ0v) is 16.8. The topological polar surface area (TPSA) is 41.1 Å². The van der Waals surface area contributed by atoms with Gasteiger partial charge in [0.25, 0.3) is 5.91 Å². The fourth-order valence-corrected chi connectivity index (χ4v) is 6.03. The second-order valence-corrected chi connectivity index (χ2v) is 9.05. The van der Waals surface area contributed by atoms with Crippen molar-refractivity contribution in [3.63, 3.8) is 0 Å². The molecule has 2 N–H and O–H groups in total. The van der Waals surface area contributed by atoms with Crippen LogP contribution in [0.15, 0.2) is 48.5 Å². The molecule has 146 valence electrons. The van der Waals surface area contributed by atoms with Gasteiger partial charge < -0.3 is 10.6 Å². The molecule has 2 aromatic carbocycles. The van der Waals surface area contributed by atoms with E-state index in [1.807, 2.05) is 6.07 Å². The van der Waals surface area contributed by atoms with Gasteiger partial charge in [0.15, 0.2) is 0 Å². The highest BCUT2D eigenvalue weighted by molar-refractivity contribution is 5.95. The highest BCUT2D eigenvalue weighted by Crippen LogP contribution is 2.63. The molecule has 2 aliphatic carbocycles. The average molecular weight is 375 g/mol. The molecule has 1 heterocycles. The summed E-state index contributed by atoms with van der Waals surface area (Å²) in [7, 11) is 0. The molecule has 2 saturated carbocycles. The van der Waals surface area contributed by atoms with Gasteiger partial charge >= 0.3 is 0 Å². The van der Waals surface area contributed by atoms with Crippen molar-refractivity contribution in [2.45, 2.75) is 57.5 Å². The Labute approximate surface area is 167 Å². The number of rotatable bonds is 4. The summed E-state index contributed by atoms with van der Waals surface area (Å²) < 4.78 is 0. The van der Waals surface area contributed by atoms with E-state index in [0.29, 0.717) is 17.9 Å². The molecule has 3 heteroatoms. The maximum Gasteiger partial charge on any atom is 0.251 e. The molecular weight excluding hydrogens is 344 g/mol. The third-order valence-electron chi connectivity index (χ3n) is 7.50. The van der Waals surface area contributed by atoms with Crippen molar-refractivity contribution in [3.8, 4) is 0 Å². The summed E-state index contributed by atoms with van der Waals surface area (Å²) in [6.07, 6.45) is 5.00. The van der Waals surface area contributed by atoms with Crippen molar-refractivity contribution in [3.05, 3.63) is 65.2 Å². The molecule has 28 heavy (non-hydrogen) atoms. The Bertz CT molecular complexity index is 877. The third kappa shape index (κ3) is 2.83. The van der Waals surface area contributed by atoms with E-state index in [4.69, 9.17) is 0 Å². The maximum absolute atomic E-state index is 12.7. The summed E-state index contributed by atoms with van der Waals surface area (Å²) in [5.41, 5.74) is 4.80. The van der Waals surface area contributed by atoms with Gasteiger partial charge in [0.05, 0.1) is 6.04 Å². The normalized spacial score (nSPS) is 30.9. The molecule has 5 rings (SSSR count). The first-order valence-electron chi connectivity index (χ1n) is 10.9. The first-order chi connectivity index (χ1) is 13.7. The number of amides is 1. The minimum absolute atomic E-state index is 0.0574. The van der Waals surface area contributed by atoms with E-state index < -0.39 is 0 Å². The predicted octanol–water partition coefficient (Wildman–Crippen LogP) is 5.51. The number of carbonyl (C=O) groups is 1. The number of benzene rings is 2. The van der Waals surface area contributed by atoms with Gasteiger partial charge in [0, 0.05) is 17.3 Å². The van der Waals surface area contributed by atoms with Gasteiger partial charge in [-0.2, -0.15) is 0 Å². The lowest BCUT2D eigenvalue weighted by molar-refractivity contribution is 0.0939. The van der Waals surface area contributed by atoms with Gasteiger partial charge in [-0.05, 0) is 85.6 Å². The van der Waals surface area contributed by atoms with Gasteiger partial charge in [-0.3, -0.25) is 4.79 Å². The number of hydrogen-bond acceptors (Lipinski definition) is 2. The molecule has 0 radical (unpaired) electrons. The molecule has 0 unspecified atom stereocenters. The zero-order valence-electron chi connectivity index (χ0n) is 16.8. The quantitative estimate of drug-likeness (QED) is 0.741. The molecule has 2 fully saturated rings. The van der Waals surface area contributed by atoms with Crippen molar-refractivity contribution in [1.29, 1.82) is 0 Å². The summed E-state index contributed by atoms with van der Waals surface area (Å²) in [6, 6.07) is 17.8. The Balaban J connectivity index is 1.52. The maximum atomic E-state index is 12.7. The standard InChI is InChI=1S/C25H30N2O/c1-3-15(2)26-25(28)19-11-12-21-20(14-19)22-17-9-10-18(13-17)23(22)24(27-21)16-7-5-4-6-8-16/h4-8,11-12,14-15,17-18,22-24,27H,3,9-10,13H2,1-2H3,(H,26,28)/t15-,17-,18+,22+,23+,24+/m1/s1. The molecule has 0 spiro atoms. The van der Waals surface area contributed by atoms with Crippen LogP contribution >= 0.6 is 0 Å². The van der Waals surface area contributed by atoms with Crippen LogP contribution in [0.2, 0.25) is 0 Å². The number of anilines is 1. The van der Waals surface area contributed by atoms with Crippen molar-refractivity contribution >= 4 is 11.6 Å². The Kier molecular flexibility index (Phi) is 4.41. The van der Waals surface area contributed by atoms with Crippen molar-refractivity contribution < 1.29 is 4.79 Å². The zero-order chi connectivity index (χ0) is 19.3. The predicted molar refractivity (Wildman–Crippen MR) is 114 cm³/mol. The molecule has 1 amide bonds. The highest BCUT2D eigenvalue weighted by Gasteiger charge is 2.53. The molecule has 2 bridgehead atoms. The minimum atomic E-state index is 0.0574. The van der Waals surface area contributed by atoms with E-state index in [-0.39, 0.29) is 11.9 Å². The number of nitrogens with one attached hydrogen (secondary N) is 2. The van der Waals surface area contributed by atoms with E-state index in [9.17, 15) is 4.79 Å². The van der Waals surface area contributed by atoms with Crippen LogP contribution in [0, 0.1) is 17.8 Å². The molecule has 0 aromatic heterocycles. The van der Waals surface area contributed by atoms with Crippen LogP contribution in [-0.2, 0) is 0 Å². The molecule has 2 aromatic rings. The van der Waals surface area contributed by atoms with E-state index in [1.165, 1.54) is 36.1 Å². The van der Waals surface area contributed by atoms with Gasteiger partial charge in [-0.25, -0.2) is 0 Å². The Morgan fingerprint density at radius 1 is 1.14 bits per heavy atom. The molecule has 3 nitrogen and oxygen atoms in total. The monoisotopic (exact) mass is 374 g/mol. The van der Waals surface area contributed by atoms with Crippen LogP contribution in [0.3, 0.4) is 0 Å². The first-order valence-corrected chi connectivity index (χ1v) is 10.9. The summed E-state index contributed by atoms with van der Waals surface area (Å²) in [6.45, 7) is 4.17. The van der Waals surface area contributed by atoms with Gasteiger partial charge in [-0.1, -0.05) is 37.3 Å². The van der Waals surface area contributed by atoms with Crippen LogP contribution in [0.1, 0.15) is 73.0 Å². The summed E-state index contributed by atoms with van der Waals surface area (Å²) >= 11 is 0. The van der Waals surface area contributed by atoms with Crippen LogP contribution < -0.4 is 10.6 Å². The Morgan fingerprint density at radius 2 is 1.93 bits per heavy atom. The molecule has 0 saturated heterocycles. The lowest BCUT2D eigenvalue weighted by atomic mass is 9.68. The second-order valence-electron chi connectivity index (χ2n) is 9.05. The fourth-order valence-electron chi connectivity index (χ4n) is 6.03. The average Bonchev–Trinajstić information content (AvgIpc) is 3.36. The van der Waals surface area contributed by atoms with E-state index in [2.05, 4.69) is 66.9 Å². The van der Waals surface area contributed by atoms with E-state index in [1.54, 1.807) is 0 Å². The van der Waals surface area contributed by atoms with Crippen LogP contribution in [-0.4, -0.2) is 11.9 Å². The lowest BCUT2D eigenvalue weighted by Gasteiger charge is -2.43. The van der Waals surface area contributed by atoms with Gasteiger partial charge in [-0.15, -0.1) is 0 Å². The lowest BCUT2D eigenvalue weighted by Crippen LogP contribution is -2.36. The smallest absolute Gasteiger partial charge is 0.251 e. The molecule has 1 aliphatic heterocycles. The van der Waals surface area contributed by atoms with E-state index >= 15 is 0 Å². The Hall–Kier alpha value is -2.29. The summed E-state index contributed by atoms with van der Waals surface area (Å²) in [4.78, 5) is 12.7. The van der Waals surface area contributed by atoms with Crippen molar-refractivity contribution in [2.24, 2.45) is 17.8 Å². The van der Waals surface area contributed by atoms with Crippen LogP contribution in [0.25, 0.3) is 0 Å². The third-order valence-corrected chi connectivity index (χ3v) is 7.50. The van der Waals surface area contributed by atoms with Crippen LogP contribution in [0.5, 0.6) is 0 Å². The summed E-state index contributed by atoms with van der Waals surface area (Å²) in [5, 5.41) is 6.98. The highest BCUT2D eigenvalue weighted by atomic mass is 16.1. The number of fused-ring (bicyclic) bond motifs is 7. The largest absolute Gasteiger partial charge is 0.378 e. The Morgan fingerprint density at radius 3 is 2.71 bits per heavy atom. The summed E-state index contributed by atoms with van der Waals surface area (Å²) in [5.74, 6) is 2.86. The van der Waals surface area contributed by atoms with Crippen molar-refractivity contribution in [2.75, 3.05) is 5.32 Å². The van der Waals surface area contributed by atoms with Gasteiger partial charge in [0.2, 0.25) is 0 Å². The molecular formula is C25H30N2O.